The maximum absolute atomic E-state index is 12.3. The normalized spacial score (nSPS) is 10.6. The molecule has 122 valence electrons. The van der Waals surface area contributed by atoms with Crippen LogP contribution in [0.3, 0.4) is 0 Å². The minimum Gasteiger partial charge on any atom is -0.497 e. The molecule has 3 aromatic rings. The van der Waals surface area contributed by atoms with Gasteiger partial charge in [-0.15, -0.1) is 0 Å². The van der Waals surface area contributed by atoms with E-state index < -0.39 is 5.91 Å². The Morgan fingerprint density at radius 1 is 1.21 bits per heavy atom. The van der Waals surface area contributed by atoms with Crippen LogP contribution in [0.25, 0.3) is 11.0 Å². The highest BCUT2D eigenvalue weighted by molar-refractivity contribution is 6.31. The number of carbonyl (C=O) groups is 1. The van der Waals surface area contributed by atoms with Gasteiger partial charge in [0.1, 0.15) is 11.3 Å². The van der Waals surface area contributed by atoms with E-state index in [4.69, 9.17) is 20.8 Å². The van der Waals surface area contributed by atoms with Gasteiger partial charge in [-0.1, -0.05) is 29.8 Å². The van der Waals surface area contributed by atoms with Gasteiger partial charge in [0.05, 0.1) is 12.5 Å². The fraction of sp³-hybridized carbons (Fsp3) is 0.111. The first-order chi connectivity index (χ1) is 11.6. The van der Waals surface area contributed by atoms with Crippen molar-refractivity contribution in [1.29, 1.82) is 0 Å². The van der Waals surface area contributed by atoms with E-state index in [2.05, 4.69) is 5.32 Å². The van der Waals surface area contributed by atoms with E-state index in [9.17, 15) is 9.59 Å². The van der Waals surface area contributed by atoms with E-state index in [1.807, 2.05) is 18.2 Å². The fourth-order valence-electron chi connectivity index (χ4n) is 2.28. The summed E-state index contributed by atoms with van der Waals surface area (Å²) in [5, 5.41) is 3.63. The van der Waals surface area contributed by atoms with E-state index in [0.29, 0.717) is 21.7 Å². The number of rotatable bonds is 4. The summed E-state index contributed by atoms with van der Waals surface area (Å²) >= 11 is 6.05. The van der Waals surface area contributed by atoms with Crippen LogP contribution in [0.15, 0.2) is 57.7 Å². The molecule has 1 heterocycles. The topological polar surface area (TPSA) is 68.5 Å². The highest BCUT2D eigenvalue weighted by Crippen LogP contribution is 2.19. The first-order valence-corrected chi connectivity index (χ1v) is 7.60. The molecular weight excluding hydrogens is 330 g/mol. The number of benzene rings is 2. The zero-order valence-corrected chi connectivity index (χ0v) is 13.6. The van der Waals surface area contributed by atoms with Gasteiger partial charge >= 0.3 is 0 Å². The Bertz CT molecular complexity index is 965. The smallest absolute Gasteiger partial charge is 0.287 e. The molecule has 3 rings (SSSR count). The van der Waals surface area contributed by atoms with Crippen molar-refractivity contribution in [2.24, 2.45) is 0 Å². The van der Waals surface area contributed by atoms with Crippen LogP contribution in [-0.4, -0.2) is 13.0 Å². The Balaban J connectivity index is 1.87. The standard InChI is InChI=1S/C18H14ClNO4/c1-23-12-6-7-13-15(21)9-17(24-16(13)8-12)18(22)20-10-11-4-2-3-5-14(11)19/h2-9H,10H2,1H3,(H,20,22). The number of hydrogen-bond acceptors (Lipinski definition) is 4. The van der Waals surface area contributed by atoms with Gasteiger partial charge in [-0.25, -0.2) is 0 Å². The van der Waals surface area contributed by atoms with Crippen LogP contribution < -0.4 is 15.5 Å². The second kappa shape index (κ2) is 6.76. The minimum absolute atomic E-state index is 0.0622. The minimum atomic E-state index is -0.489. The van der Waals surface area contributed by atoms with Crippen molar-refractivity contribution >= 4 is 28.5 Å². The number of amides is 1. The van der Waals surface area contributed by atoms with E-state index in [-0.39, 0.29) is 17.7 Å². The number of fused-ring (bicyclic) bond motifs is 1. The molecular formula is C18H14ClNO4. The van der Waals surface area contributed by atoms with Crippen molar-refractivity contribution < 1.29 is 13.9 Å². The fourth-order valence-corrected chi connectivity index (χ4v) is 2.48. The molecule has 0 unspecified atom stereocenters. The summed E-state index contributed by atoms with van der Waals surface area (Å²) in [6.45, 7) is 0.234. The SMILES string of the molecule is COc1ccc2c(=O)cc(C(=O)NCc3ccccc3Cl)oc2c1. The van der Waals surface area contributed by atoms with Gasteiger partial charge in [0.2, 0.25) is 0 Å². The van der Waals surface area contributed by atoms with E-state index in [1.165, 1.54) is 13.2 Å². The summed E-state index contributed by atoms with van der Waals surface area (Å²) in [7, 11) is 1.51. The Labute approximate surface area is 142 Å². The third kappa shape index (κ3) is 3.26. The van der Waals surface area contributed by atoms with Crippen LogP contribution in [-0.2, 0) is 6.54 Å². The van der Waals surface area contributed by atoms with Gasteiger partial charge in [-0.05, 0) is 23.8 Å². The molecule has 0 saturated heterocycles. The van der Waals surface area contributed by atoms with Gasteiger partial charge in [-0.2, -0.15) is 0 Å². The molecule has 0 aliphatic carbocycles. The number of hydrogen-bond donors (Lipinski definition) is 1. The van der Waals surface area contributed by atoms with E-state index in [1.54, 1.807) is 24.3 Å². The van der Waals surface area contributed by atoms with Gasteiger partial charge in [0.25, 0.3) is 5.91 Å². The monoisotopic (exact) mass is 343 g/mol. The van der Waals surface area contributed by atoms with Gasteiger partial charge in [0.15, 0.2) is 11.2 Å². The number of carbonyl (C=O) groups excluding carboxylic acids is 1. The third-order valence-corrected chi connectivity index (χ3v) is 3.93. The summed E-state index contributed by atoms with van der Waals surface area (Å²) in [5.74, 6) is -0.0104. The number of halogens is 1. The molecule has 1 aromatic heterocycles. The summed E-state index contributed by atoms with van der Waals surface area (Å²) in [6, 6.07) is 13.2. The van der Waals surface area contributed by atoms with Gasteiger partial charge in [0, 0.05) is 23.7 Å². The molecule has 1 N–H and O–H groups in total. The number of ether oxygens (including phenoxy) is 1. The summed E-state index contributed by atoms with van der Waals surface area (Å²) < 4.78 is 10.6. The lowest BCUT2D eigenvalue weighted by Crippen LogP contribution is -2.24. The van der Waals surface area contributed by atoms with Crippen molar-refractivity contribution in [1.82, 2.24) is 5.32 Å². The lowest BCUT2D eigenvalue weighted by molar-refractivity contribution is 0.0923. The molecule has 0 radical (unpaired) electrons. The zero-order chi connectivity index (χ0) is 17.1. The molecule has 5 nitrogen and oxygen atoms in total. The van der Waals surface area contributed by atoms with E-state index in [0.717, 1.165) is 5.56 Å². The Kier molecular flexibility index (Phi) is 4.53. The molecule has 0 saturated carbocycles. The maximum atomic E-state index is 12.3. The molecule has 0 aliphatic rings. The average Bonchev–Trinajstić information content (AvgIpc) is 2.60. The van der Waals surface area contributed by atoms with Crippen LogP contribution >= 0.6 is 11.6 Å². The first-order valence-electron chi connectivity index (χ1n) is 7.22. The van der Waals surface area contributed by atoms with Crippen LogP contribution in [0.1, 0.15) is 16.1 Å². The molecule has 0 aliphatic heterocycles. The number of nitrogens with one attached hydrogen (secondary N) is 1. The Hall–Kier alpha value is -2.79. The van der Waals surface area contributed by atoms with Crippen molar-refractivity contribution in [2.75, 3.05) is 7.11 Å². The summed E-state index contributed by atoms with van der Waals surface area (Å²) in [4.78, 5) is 24.4. The summed E-state index contributed by atoms with van der Waals surface area (Å²) in [6.07, 6.45) is 0. The molecule has 0 spiro atoms. The predicted molar refractivity (Wildman–Crippen MR) is 91.7 cm³/mol. The maximum Gasteiger partial charge on any atom is 0.287 e. The molecule has 0 atom stereocenters. The second-order valence-electron chi connectivity index (χ2n) is 5.11. The molecule has 6 heteroatoms. The molecule has 1 amide bonds. The molecule has 24 heavy (non-hydrogen) atoms. The highest BCUT2D eigenvalue weighted by Gasteiger charge is 2.13. The molecule has 0 bridgehead atoms. The van der Waals surface area contributed by atoms with Crippen LogP contribution in [0.5, 0.6) is 5.75 Å². The van der Waals surface area contributed by atoms with Gasteiger partial charge in [-0.3, -0.25) is 9.59 Å². The second-order valence-corrected chi connectivity index (χ2v) is 5.52. The Morgan fingerprint density at radius 3 is 2.75 bits per heavy atom. The lowest BCUT2D eigenvalue weighted by atomic mass is 10.2. The zero-order valence-electron chi connectivity index (χ0n) is 12.8. The Morgan fingerprint density at radius 2 is 2.00 bits per heavy atom. The van der Waals surface area contributed by atoms with E-state index >= 15 is 0 Å². The highest BCUT2D eigenvalue weighted by atomic mass is 35.5. The lowest BCUT2D eigenvalue weighted by Gasteiger charge is -2.07. The van der Waals surface area contributed by atoms with Crippen LogP contribution in [0.2, 0.25) is 5.02 Å². The predicted octanol–water partition coefficient (Wildman–Crippen LogP) is 3.39. The van der Waals surface area contributed by atoms with Crippen molar-refractivity contribution in [2.45, 2.75) is 6.54 Å². The van der Waals surface area contributed by atoms with Crippen molar-refractivity contribution in [3.63, 3.8) is 0 Å². The largest absolute Gasteiger partial charge is 0.497 e. The third-order valence-electron chi connectivity index (χ3n) is 3.56. The number of methoxy groups -OCH3 is 1. The van der Waals surface area contributed by atoms with Crippen LogP contribution in [0, 0.1) is 0 Å². The molecule has 0 fully saturated rings. The van der Waals surface area contributed by atoms with Crippen molar-refractivity contribution in [3.05, 3.63) is 75.1 Å². The van der Waals surface area contributed by atoms with Crippen molar-refractivity contribution in [3.8, 4) is 5.75 Å². The quantitative estimate of drug-likeness (QED) is 0.788. The first kappa shape index (κ1) is 16.1. The van der Waals surface area contributed by atoms with Crippen LogP contribution in [0.4, 0.5) is 0 Å². The average molecular weight is 344 g/mol. The molecule has 2 aromatic carbocycles. The van der Waals surface area contributed by atoms with Gasteiger partial charge < -0.3 is 14.5 Å². The summed E-state index contributed by atoms with van der Waals surface area (Å²) in [5.41, 5.74) is 0.781.